The van der Waals surface area contributed by atoms with Crippen LogP contribution in [0.25, 0.3) is 0 Å². The van der Waals surface area contributed by atoms with Crippen LogP contribution in [0, 0.1) is 11.3 Å². The summed E-state index contributed by atoms with van der Waals surface area (Å²) in [4.78, 5) is 26.5. The lowest BCUT2D eigenvalue weighted by Crippen LogP contribution is -2.30. The average Bonchev–Trinajstić information content (AvgIpc) is 2.82. The van der Waals surface area contributed by atoms with Crippen LogP contribution >= 0.6 is 0 Å². The number of hydrogen-bond donors (Lipinski definition) is 0. The maximum Gasteiger partial charge on any atom is 0.321 e. The molecule has 0 aromatic rings. The average molecular weight is 265 g/mol. The Hall–Kier alpha value is -0.900. The van der Waals surface area contributed by atoms with Gasteiger partial charge in [-0.25, -0.2) is 0 Å². The quantitative estimate of drug-likeness (QED) is 0.400. The highest BCUT2D eigenvalue weighted by atomic mass is 16.5. The number of ether oxygens (including phenoxy) is 1. The molecule has 3 atom stereocenters. The van der Waals surface area contributed by atoms with Crippen LogP contribution in [-0.4, -0.2) is 42.4 Å². The molecule has 0 aromatic carbocycles. The van der Waals surface area contributed by atoms with Gasteiger partial charge in [0.05, 0.1) is 13.2 Å². The van der Waals surface area contributed by atoms with Crippen molar-refractivity contribution in [2.24, 2.45) is 11.3 Å². The molecule has 4 nitrogen and oxygen atoms in total. The summed E-state index contributed by atoms with van der Waals surface area (Å²) in [6, 6.07) is 0.188. The highest BCUT2D eigenvalue weighted by Crippen LogP contribution is 2.66. The standard InChI is InChI=1S/C15H23NO3/c1-2-3-4-5-6-9-19-14(18)15-11-7-8-16(13(11)15)10-12(15)17/h11,13H,2-10H2,1H3/t11?,13-,15?/m1/s1. The molecule has 0 aromatic heterocycles. The van der Waals surface area contributed by atoms with E-state index in [0.29, 0.717) is 13.2 Å². The number of fused-ring (bicyclic) bond motifs is 1. The zero-order valence-corrected chi connectivity index (χ0v) is 11.7. The molecule has 3 rings (SSSR count). The van der Waals surface area contributed by atoms with Crippen LogP contribution in [0.4, 0.5) is 0 Å². The molecule has 0 radical (unpaired) electrons. The number of carbonyl (C=O) groups excluding carboxylic acids is 2. The Morgan fingerprint density at radius 1 is 1.37 bits per heavy atom. The lowest BCUT2D eigenvalue weighted by Gasteiger charge is -2.13. The van der Waals surface area contributed by atoms with E-state index in [1.54, 1.807) is 0 Å². The summed E-state index contributed by atoms with van der Waals surface area (Å²) >= 11 is 0. The van der Waals surface area contributed by atoms with Gasteiger partial charge in [-0.05, 0) is 19.4 Å². The van der Waals surface area contributed by atoms with Gasteiger partial charge in [0.25, 0.3) is 0 Å². The highest BCUT2D eigenvalue weighted by molar-refractivity contribution is 6.12. The number of nitrogens with zero attached hydrogens (tertiary/aromatic N) is 1. The fraction of sp³-hybridized carbons (Fsp3) is 0.867. The van der Waals surface area contributed by atoms with Crippen molar-refractivity contribution in [1.29, 1.82) is 0 Å². The van der Waals surface area contributed by atoms with Gasteiger partial charge in [-0.3, -0.25) is 14.5 Å². The summed E-state index contributed by atoms with van der Waals surface area (Å²) in [5, 5.41) is 0. The van der Waals surface area contributed by atoms with Crippen molar-refractivity contribution in [3.05, 3.63) is 0 Å². The first-order valence-electron chi connectivity index (χ1n) is 7.67. The molecular formula is C15H23NO3. The Balaban J connectivity index is 1.46. The number of hydrogen-bond acceptors (Lipinski definition) is 4. The monoisotopic (exact) mass is 265 g/mol. The molecule has 0 N–H and O–H groups in total. The van der Waals surface area contributed by atoms with E-state index in [9.17, 15) is 9.59 Å². The van der Waals surface area contributed by atoms with Crippen LogP contribution in [-0.2, 0) is 14.3 Å². The van der Waals surface area contributed by atoms with Gasteiger partial charge in [-0.15, -0.1) is 0 Å². The van der Waals surface area contributed by atoms with E-state index in [2.05, 4.69) is 11.8 Å². The van der Waals surface area contributed by atoms with Crippen molar-refractivity contribution < 1.29 is 14.3 Å². The molecule has 2 aliphatic heterocycles. The number of piperidine rings is 2. The number of rotatable bonds is 7. The minimum atomic E-state index is -0.734. The summed E-state index contributed by atoms with van der Waals surface area (Å²) < 4.78 is 5.39. The summed E-state index contributed by atoms with van der Waals surface area (Å²) in [5.74, 6) is 0.141. The van der Waals surface area contributed by atoms with Crippen molar-refractivity contribution >= 4 is 11.8 Å². The fourth-order valence-electron chi connectivity index (χ4n) is 4.05. The topological polar surface area (TPSA) is 46.6 Å². The van der Waals surface area contributed by atoms with Gasteiger partial charge in [0.1, 0.15) is 5.41 Å². The van der Waals surface area contributed by atoms with Gasteiger partial charge >= 0.3 is 5.97 Å². The predicted molar refractivity (Wildman–Crippen MR) is 70.6 cm³/mol. The molecule has 1 aliphatic carbocycles. The van der Waals surface area contributed by atoms with Crippen molar-refractivity contribution in [3.63, 3.8) is 0 Å². The van der Waals surface area contributed by atoms with Crippen molar-refractivity contribution in [2.75, 3.05) is 19.7 Å². The first kappa shape index (κ1) is 13.1. The molecule has 19 heavy (non-hydrogen) atoms. The molecule has 2 heterocycles. The van der Waals surface area contributed by atoms with Gasteiger partial charge < -0.3 is 4.74 Å². The van der Waals surface area contributed by atoms with Crippen molar-refractivity contribution in [1.82, 2.24) is 4.90 Å². The van der Waals surface area contributed by atoms with E-state index >= 15 is 0 Å². The zero-order chi connectivity index (χ0) is 13.5. The van der Waals surface area contributed by atoms with Gasteiger partial charge in [-0.2, -0.15) is 0 Å². The first-order valence-corrected chi connectivity index (χ1v) is 7.67. The summed E-state index contributed by atoms with van der Waals surface area (Å²) in [6.07, 6.45) is 6.70. The van der Waals surface area contributed by atoms with E-state index < -0.39 is 5.41 Å². The summed E-state index contributed by atoms with van der Waals surface area (Å²) in [6.45, 7) is 4.11. The van der Waals surface area contributed by atoms with Gasteiger partial charge in [0.2, 0.25) is 0 Å². The van der Waals surface area contributed by atoms with E-state index in [1.165, 1.54) is 19.3 Å². The fourth-order valence-corrected chi connectivity index (χ4v) is 4.05. The second kappa shape index (κ2) is 4.89. The normalized spacial score (nSPS) is 35.5. The van der Waals surface area contributed by atoms with Crippen LogP contribution < -0.4 is 0 Å². The lowest BCUT2D eigenvalue weighted by atomic mass is 9.98. The molecule has 106 valence electrons. The molecule has 2 saturated heterocycles. The van der Waals surface area contributed by atoms with Gasteiger partial charge in [0, 0.05) is 12.0 Å². The molecule has 0 amide bonds. The molecule has 3 aliphatic rings. The van der Waals surface area contributed by atoms with Crippen LogP contribution in [0.15, 0.2) is 0 Å². The predicted octanol–water partition coefficient (Wildman–Crippen LogP) is 1.77. The Morgan fingerprint density at radius 2 is 2.16 bits per heavy atom. The van der Waals surface area contributed by atoms with Crippen LogP contribution in [0.2, 0.25) is 0 Å². The second-order valence-electron chi connectivity index (χ2n) is 6.15. The molecule has 0 bridgehead atoms. The summed E-state index contributed by atoms with van der Waals surface area (Å²) in [5.41, 5.74) is -0.734. The maximum absolute atomic E-state index is 12.2. The molecule has 0 spiro atoms. The molecular weight excluding hydrogens is 242 g/mol. The zero-order valence-electron chi connectivity index (χ0n) is 11.7. The van der Waals surface area contributed by atoms with Gasteiger partial charge in [-0.1, -0.05) is 32.6 Å². The number of carbonyl (C=O) groups is 2. The number of ketones is 1. The number of unbranched alkanes of at least 4 members (excludes halogenated alkanes) is 4. The van der Waals surface area contributed by atoms with Crippen molar-refractivity contribution in [3.8, 4) is 0 Å². The Kier molecular flexibility index (Phi) is 3.37. The third-order valence-electron chi connectivity index (χ3n) is 5.07. The Bertz CT molecular complexity index is 395. The smallest absolute Gasteiger partial charge is 0.321 e. The molecule has 4 heteroatoms. The SMILES string of the molecule is CCCCCCCOC(=O)C12C(=O)CN3CCC1[C@@H]32. The Labute approximate surface area is 114 Å². The maximum atomic E-state index is 12.2. The number of esters is 1. The van der Waals surface area contributed by atoms with Gasteiger partial charge in [0.15, 0.2) is 5.78 Å². The van der Waals surface area contributed by atoms with Crippen LogP contribution in [0.5, 0.6) is 0 Å². The minimum absolute atomic E-state index is 0.107. The van der Waals surface area contributed by atoms with E-state index in [-0.39, 0.29) is 23.7 Å². The van der Waals surface area contributed by atoms with E-state index in [0.717, 1.165) is 25.8 Å². The first-order chi connectivity index (χ1) is 9.22. The minimum Gasteiger partial charge on any atom is -0.465 e. The molecule has 3 fully saturated rings. The molecule has 1 saturated carbocycles. The Morgan fingerprint density at radius 3 is 2.89 bits per heavy atom. The third-order valence-corrected chi connectivity index (χ3v) is 5.07. The second-order valence-corrected chi connectivity index (χ2v) is 6.15. The third kappa shape index (κ3) is 1.83. The van der Waals surface area contributed by atoms with Crippen LogP contribution in [0.1, 0.15) is 45.4 Å². The largest absolute Gasteiger partial charge is 0.465 e. The van der Waals surface area contributed by atoms with Crippen LogP contribution in [0.3, 0.4) is 0 Å². The van der Waals surface area contributed by atoms with Crippen molar-refractivity contribution in [2.45, 2.75) is 51.5 Å². The number of Topliss-reactive ketones (excluding diaryl/α,β-unsaturated/α-hetero) is 1. The van der Waals surface area contributed by atoms with E-state index in [1.807, 2.05) is 0 Å². The highest BCUT2D eigenvalue weighted by Gasteiger charge is 2.82. The van der Waals surface area contributed by atoms with E-state index in [4.69, 9.17) is 4.74 Å². The lowest BCUT2D eigenvalue weighted by molar-refractivity contribution is -0.154. The molecule has 2 unspecified atom stereocenters. The summed E-state index contributed by atoms with van der Waals surface area (Å²) in [7, 11) is 0.